The predicted molar refractivity (Wildman–Crippen MR) is 104 cm³/mol. The van der Waals surface area contributed by atoms with Gasteiger partial charge in [-0.05, 0) is 39.8 Å². The second-order valence-electron chi connectivity index (χ2n) is 6.63. The Morgan fingerprint density at radius 3 is 2.44 bits per heavy atom. The van der Waals surface area contributed by atoms with E-state index >= 15 is 0 Å². The zero-order valence-electron chi connectivity index (χ0n) is 15.7. The van der Waals surface area contributed by atoms with Crippen molar-refractivity contribution in [3.8, 4) is 5.75 Å². The standard InChI is InChI=1S/C18H31N3O3S/c1-5-19-17(21-13-15-25(22,23)18(2,3)4)20-12-9-14-24-16-10-7-6-8-11-16/h6-8,10-11H,5,9,12-15H2,1-4H3,(H2,19,20,21). The number of sulfone groups is 1. The normalized spacial score (nSPS) is 12.7. The second-order valence-corrected chi connectivity index (χ2v) is 9.50. The van der Waals surface area contributed by atoms with Gasteiger partial charge in [0.15, 0.2) is 15.8 Å². The van der Waals surface area contributed by atoms with Gasteiger partial charge in [-0.1, -0.05) is 18.2 Å². The number of ether oxygens (including phenoxy) is 1. The molecule has 0 amide bonds. The molecule has 0 atom stereocenters. The quantitative estimate of drug-likeness (QED) is 0.396. The number of hydrogen-bond acceptors (Lipinski definition) is 4. The number of hydrogen-bond donors (Lipinski definition) is 2. The number of aliphatic imine (C=N–C) groups is 1. The summed E-state index contributed by atoms with van der Waals surface area (Å²) in [5.41, 5.74) is 0. The van der Waals surface area contributed by atoms with Gasteiger partial charge < -0.3 is 15.4 Å². The molecule has 0 saturated carbocycles. The molecule has 7 heteroatoms. The van der Waals surface area contributed by atoms with Gasteiger partial charge in [-0.3, -0.25) is 4.99 Å². The third-order valence-electron chi connectivity index (χ3n) is 3.52. The first-order valence-electron chi connectivity index (χ1n) is 8.68. The molecule has 0 heterocycles. The first-order chi connectivity index (χ1) is 11.8. The molecule has 0 spiro atoms. The van der Waals surface area contributed by atoms with E-state index in [1.807, 2.05) is 37.3 Å². The van der Waals surface area contributed by atoms with Crippen LogP contribution in [0.15, 0.2) is 35.3 Å². The third-order valence-corrected chi connectivity index (χ3v) is 6.13. The first-order valence-corrected chi connectivity index (χ1v) is 10.3. The molecule has 0 saturated heterocycles. The fraction of sp³-hybridized carbons (Fsp3) is 0.611. The molecular formula is C18H31N3O3S. The summed E-state index contributed by atoms with van der Waals surface area (Å²) < 4.78 is 29.1. The van der Waals surface area contributed by atoms with Crippen molar-refractivity contribution >= 4 is 15.8 Å². The Kier molecular flexibility index (Phi) is 8.75. The predicted octanol–water partition coefficient (Wildman–Crippen LogP) is 2.22. The van der Waals surface area contributed by atoms with E-state index in [2.05, 4.69) is 15.6 Å². The largest absolute Gasteiger partial charge is 0.494 e. The van der Waals surface area contributed by atoms with Crippen LogP contribution in [0.25, 0.3) is 0 Å². The molecule has 1 rings (SSSR count). The molecule has 142 valence electrons. The Labute approximate surface area is 152 Å². The molecule has 25 heavy (non-hydrogen) atoms. The molecule has 0 aliphatic rings. The molecule has 0 fully saturated rings. The molecule has 0 aromatic heterocycles. The van der Waals surface area contributed by atoms with E-state index in [0.29, 0.717) is 25.7 Å². The molecule has 0 radical (unpaired) electrons. The lowest BCUT2D eigenvalue weighted by Crippen LogP contribution is -2.42. The van der Waals surface area contributed by atoms with Crippen LogP contribution in [-0.4, -0.2) is 51.1 Å². The van der Waals surface area contributed by atoms with Gasteiger partial charge in [-0.15, -0.1) is 0 Å². The molecule has 1 aromatic rings. The molecule has 0 aliphatic carbocycles. The average molecular weight is 370 g/mol. The van der Waals surface area contributed by atoms with Crippen LogP contribution in [0.3, 0.4) is 0 Å². The maximum Gasteiger partial charge on any atom is 0.191 e. The van der Waals surface area contributed by atoms with Gasteiger partial charge in [0.25, 0.3) is 0 Å². The summed E-state index contributed by atoms with van der Waals surface area (Å²) in [5.74, 6) is 1.56. The van der Waals surface area contributed by atoms with Crippen LogP contribution in [-0.2, 0) is 9.84 Å². The van der Waals surface area contributed by atoms with Crippen molar-refractivity contribution in [1.82, 2.24) is 10.6 Å². The van der Waals surface area contributed by atoms with Gasteiger partial charge in [0.1, 0.15) is 5.75 Å². The van der Waals surface area contributed by atoms with Gasteiger partial charge in [-0.25, -0.2) is 8.42 Å². The summed E-state index contributed by atoms with van der Waals surface area (Å²) in [5, 5.41) is 6.20. The molecule has 1 aromatic carbocycles. The maximum absolute atomic E-state index is 12.1. The van der Waals surface area contributed by atoms with E-state index in [9.17, 15) is 8.42 Å². The number of benzene rings is 1. The minimum Gasteiger partial charge on any atom is -0.494 e. The Hall–Kier alpha value is -1.76. The zero-order chi connectivity index (χ0) is 18.8. The number of nitrogens with zero attached hydrogens (tertiary/aromatic N) is 1. The van der Waals surface area contributed by atoms with Crippen molar-refractivity contribution in [3.63, 3.8) is 0 Å². The van der Waals surface area contributed by atoms with Crippen molar-refractivity contribution in [2.45, 2.75) is 38.9 Å². The van der Waals surface area contributed by atoms with Crippen LogP contribution in [0.2, 0.25) is 0 Å². The molecule has 0 aliphatic heterocycles. The Morgan fingerprint density at radius 2 is 1.84 bits per heavy atom. The molecule has 0 bridgehead atoms. The summed E-state index contributed by atoms with van der Waals surface area (Å²) in [7, 11) is -3.13. The lowest BCUT2D eigenvalue weighted by atomic mass is 10.3. The van der Waals surface area contributed by atoms with Crippen molar-refractivity contribution < 1.29 is 13.2 Å². The summed E-state index contributed by atoms with van der Waals surface area (Å²) in [6.45, 7) is 9.38. The summed E-state index contributed by atoms with van der Waals surface area (Å²) >= 11 is 0. The minimum atomic E-state index is -3.13. The van der Waals surface area contributed by atoms with Gasteiger partial charge in [0.2, 0.25) is 0 Å². The Bertz CT molecular complexity index is 623. The highest BCUT2D eigenvalue weighted by molar-refractivity contribution is 7.92. The van der Waals surface area contributed by atoms with Gasteiger partial charge in [0.05, 0.1) is 17.1 Å². The van der Waals surface area contributed by atoms with E-state index < -0.39 is 14.6 Å². The van der Waals surface area contributed by atoms with Crippen LogP contribution in [0.1, 0.15) is 34.1 Å². The van der Waals surface area contributed by atoms with Crippen molar-refractivity contribution in [3.05, 3.63) is 30.3 Å². The van der Waals surface area contributed by atoms with Gasteiger partial charge in [-0.2, -0.15) is 0 Å². The van der Waals surface area contributed by atoms with Crippen LogP contribution < -0.4 is 15.4 Å². The summed E-state index contributed by atoms with van der Waals surface area (Å²) in [4.78, 5) is 4.45. The van der Waals surface area contributed by atoms with Crippen molar-refractivity contribution in [2.24, 2.45) is 4.99 Å². The molecule has 2 N–H and O–H groups in total. The van der Waals surface area contributed by atoms with Crippen molar-refractivity contribution in [1.29, 1.82) is 0 Å². The number of para-hydroxylation sites is 1. The Balaban J connectivity index is 2.36. The second kappa shape index (κ2) is 10.3. The third kappa shape index (κ3) is 8.25. The van der Waals surface area contributed by atoms with Crippen LogP contribution in [0.5, 0.6) is 5.75 Å². The fourth-order valence-electron chi connectivity index (χ4n) is 1.91. The minimum absolute atomic E-state index is 0.0814. The van der Waals surface area contributed by atoms with E-state index in [1.165, 1.54) is 0 Å². The fourth-order valence-corrected chi connectivity index (χ4v) is 2.90. The SMILES string of the molecule is CCNC(=NCCCOc1ccccc1)NCCS(=O)(=O)C(C)(C)C. The topological polar surface area (TPSA) is 79.8 Å². The number of guanidine groups is 1. The van der Waals surface area contributed by atoms with Crippen LogP contribution in [0.4, 0.5) is 0 Å². The molecule has 6 nitrogen and oxygen atoms in total. The molecule has 0 unspecified atom stereocenters. The summed E-state index contributed by atoms with van der Waals surface area (Å²) in [6, 6.07) is 9.67. The highest BCUT2D eigenvalue weighted by Crippen LogP contribution is 2.15. The highest BCUT2D eigenvalue weighted by Gasteiger charge is 2.28. The smallest absolute Gasteiger partial charge is 0.191 e. The van der Waals surface area contributed by atoms with E-state index in [-0.39, 0.29) is 5.75 Å². The molecular weight excluding hydrogens is 338 g/mol. The summed E-state index contributed by atoms with van der Waals surface area (Å²) in [6.07, 6.45) is 0.783. The Morgan fingerprint density at radius 1 is 1.16 bits per heavy atom. The van der Waals surface area contributed by atoms with E-state index in [1.54, 1.807) is 20.8 Å². The highest BCUT2D eigenvalue weighted by atomic mass is 32.2. The lowest BCUT2D eigenvalue weighted by molar-refractivity contribution is 0.313. The number of rotatable bonds is 9. The number of nitrogens with one attached hydrogen (secondary N) is 2. The lowest BCUT2D eigenvalue weighted by Gasteiger charge is -2.19. The van der Waals surface area contributed by atoms with E-state index in [4.69, 9.17) is 4.74 Å². The van der Waals surface area contributed by atoms with Crippen molar-refractivity contribution in [2.75, 3.05) is 32.0 Å². The maximum atomic E-state index is 12.1. The van der Waals surface area contributed by atoms with Gasteiger partial charge in [0, 0.05) is 26.1 Å². The zero-order valence-corrected chi connectivity index (χ0v) is 16.5. The van der Waals surface area contributed by atoms with Crippen LogP contribution in [0, 0.1) is 0 Å². The average Bonchev–Trinajstić information content (AvgIpc) is 2.54. The van der Waals surface area contributed by atoms with Gasteiger partial charge >= 0.3 is 0 Å². The van der Waals surface area contributed by atoms with E-state index in [0.717, 1.165) is 18.7 Å². The van der Waals surface area contributed by atoms with Crippen LogP contribution >= 0.6 is 0 Å². The first kappa shape index (κ1) is 21.3. The monoisotopic (exact) mass is 369 g/mol.